The van der Waals surface area contributed by atoms with Gasteiger partial charge in [0.1, 0.15) is 0 Å². The molecule has 0 aliphatic carbocycles. The first-order valence-electron chi connectivity index (χ1n) is 4.69. The Morgan fingerprint density at radius 3 is 2.85 bits per heavy atom. The third-order valence-electron chi connectivity index (χ3n) is 2.55. The number of rotatable bonds is 4. The number of hydrogen-bond acceptors (Lipinski definition) is 3. The number of likely N-dealkylation sites (tertiary alicyclic amines) is 1. The summed E-state index contributed by atoms with van der Waals surface area (Å²) in [5, 5.41) is 8.69. The normalized spacial score (nSPS) is 23.2. The Morgan fingerprint density at radius 2 is 2.38 bits per heavy atom. The van der Waals surface area contributed by atoms with Crippen LogP contribution in [0.5, 0.6) is 0 Å². The van der Waals surface area contributed by atoms with Crippen molar-refractivity contribution in [1.82, 2.24) is 9.80 Å². The number of carbonyl (C=O) groups is 1. The van der Waals surface area contributed by atoms with Crippen LogP contribution in [0.15, 0.2) is 0 Å². The van der Waals surface area contributed by atoms with Crippen LogP contribution < -0.4 is 0 Å². The molecule has 1 rings (SSSR count). The molecule has 0 aromatic carbocycles. The van der Waals surface area contributed by atoms with Gasteiger partial charge < -0.3 is 14.9 Å². The van der Waals surface area contributed by atoms with E-state index in [-0.39, 0.29) is 18.4 Å². The summed E-state index contributed by atoms with van der Waals surface area (Å²) in [7, 11) is 3.77. The van der Waals surface area contributed by atoms with Crippen molar-refractivity contribution < 1.29 is 9.90 Å². The van der Waals surface area contributed by atoms with E-state index in [2.05, 4.69) is 0 Å². The van der Waals surface area contributed by atoms with Gasteiger partial charge in [0.25, 0.3) is 0 Å². The molecule has 4 nitrogen and oxygen atoms in total. The van der Waals surface area contributed by atoms with Crippen LogP contribution in [0.1, 0.15) is 6.42 Å². The molecule has 1 aliphatic heterocycles. The maximum atomic E-state index is 11.5. The van der Waals surface area contributed by atoms with Gasteiger partial charge in [-0.1, -0.05) is 0 Å². The Kier molecular flexibility index (Phi) is 3.69. The summed E-state index contributed by atoms with van der Waals surface area (Å²) < 4.78 is 0. The standard InChI is InChI=1S/C9H18N2O2/c1-10(5-6-12)7-8-3-4-11(2)9(8)13/h8,12H,3-7H2,1-2H3. The van der Waals surface area contributed by atoms with Gasteiger partial charge in [0.05, 0.1) is 12.5 Å². The average molecular weight is 186 g/mol. The van der Waals surface area contributed by atoms with Gasteiger partial charge in [-0.3, -0.25) is 4.79 Å². The van der Waals surface area contributed by atoms with Crippen molar-refractivity contribution in [3.05, 3.63) is 0 Å². The molecule has 1 fully saturated rings. The van der Waals surface area contributed by atoms with Gasteiger partial charge in [-0.25, -0.2) is 0 Å². The molecule has 0 saturated carbocycles. The van der Waals surface area contributed by atoms with E-state index in [9.17, 15) is 4.79 Å². The number of carbonyl (C=O) groups excluding carboxylic acids is 1. The molecule has 0 spiro atoms. The highest BCUT2D eigenvalue weighted by molar-refractivity contribution is 5.80. The fraction of sp³-hybridized carbons (Fsp3) is 0.889. The second-order valence-corrected chi connectivity index (χ2v) is 3.73. The van der Waals surface area contributed by atoms with Gasteiger partial charge in [0.15, 0.2) is 0 Å². The maximum Gasteiger partial charge on any atom is 0.226 e. The van der Waals surface area contributed by atoms with Crippen molar-refractivity contribution in [2.75, 3.05) is 40.3 Å². The molecule has 4 heteroatoms. The topological polar surface area (TPSA) is 43.8 Å². The van der Waals surface area contributed by atoms with Gasteiger partial charge in [0, 0.05) is 26.7 Å². The van der Waals surface area contributed by atoms with E-state index >= 15 is 0 Å². The van der Waals surface area contributed by atoms with E-state index in [1.807, 2.05) is 19.0 Å². The Balaban J connectivity index is 2.33. The number of hydrogen-bond donors (Lipinski definition) is 1. The van der Waals surface area contributed by atoms with Crippen LogP contribution in [0.2, 0.25) is 0 Å². The summed E-state index contributed by atoms with van der Waals surface area (Å²) in [5.41, 5.74) is 0. The minimum absolute atomic E-state index is 0.140. The molecule has 1 unspecified atom stereocenters. The molecular formula is C9H18N2O2. The van der Waals surface area contributed by atoms with Crippen LogP contribution in [-0.4, -0.2) is 61.2 Å². The second-order valence-electron chi connectivity index (χ2n) is 3.73. The summed E-state index contributed by atoms with van der Waals surface area (Å²) in [5.74, 6) is 0.381. The first-order chi connectivity index (χ1) is 6.15. The first kappa shape index (κ1) is 10.5. The summed E-state index contributed by atoms with van der Waals surface area (Å²) in [6.07, 6.45) is 0.950. The molecule has 1 heterocycles. The summed E-state index contributed by atoms with van der Waals surface area (Å²) in [6.45, 7) is 2.45. The molecular weight excluding hydrogens is 168 g/mol. The Bertz CT molecular complexity index is 184. The lowest BCUT2D eigenvalue weighted by Gasteiger charge is -2.18. The fourth-order valence-corrected chi connectivity index (χ4v) is 1.70. The summed E-state index contributed by atoms with van der Waals surface area (Å²) in [6, 6.07) is 0. The van der Waals surface area contributed by atoms with Crippen molar-refractivity contribution in [2.45, 2.75) is 6.42 Å². The van der Waals surface area contributed by atoms with E-state index in [1.54, 1.807) is 4.90 Å². The monoisotopic (exact) mass is 186 g/mol. The van der Waals surface area contributed by atoms with Gasteiger partial charge >= 0.3 is 0 Å². The largest absolute Gasteiger partial charge is 0.395 e. The van der Waals surface area contributed by atoms with Gasteiger partial charge in [-0.2, -0.15) is 0 Å². The zero-order valence-corrected chi connectivity index (χ0v) is 8.36. The highest BCUT2D eigenvalue weighted by Gasteiger charge is 2.29. The van der Waals surface area contributed by atoms with Crippen molar-refractivity contribution in [3.63, 3.8) is 0 Å². The lowest BCUT2D eigenvalue weighted by Crippen LogP contribution is -2.32. The van der Waals surface area contributed by atoms with Crippen molar-refractivity contribution >= 4 is 5.91 Å². The van der Waals surface area contributed by atoms with E-state index in [0.717, 1.165) is 19.5 Å². The first-order valence-corrected chi connectivity index (χ1v) is 4.69. The van der Waals surface area contributed by atoms with Crippen molar-refractivity contribution in [3.8, 4) is 0 Å². The minimum atomic E-state index is 0.140. The quantitative estimate of drug-likeness (QED) is 0.637. The lowest BCUT2D eigenvalue weighted by atomic mass is 10.1. The zero-order chi connectivity index (χ0) is 9.84. The average Bonchev–Trinajstić information content (AvgIpc) is 2.37. The Hall–Kier alpha value is -0.610. The van der Waals surface area contributed by atoms with Crippen LogP contribution in [0.25, 0.3) is 0 Å². The number of aliphatic hydroxyl groups excluding tert-OH is 1. The highest BCUT2D eigenvalue weighted by atomic mass is 16.3. The highest BCUT2D eigenvalue weighted by Crippen LogP contribution is 2.16. The fourth-order valence-electron chi connectivity index (χ4n) is 1.70. The van der Waals surface area contributed by atoms with Crippen LogP contribution in [0, 0.1) is 5.92 Å². The molecule has 1 atom stereocenters. The van der Waals surface area contributed by atoms with E-state index in [1.165, 1.54) is 0 Å². The SMILES string of the molecule is CN(CCO)CC1CCN(C)C1=O. The smallest absolute Gasteiger partial charge is 0.226 e. The van der Waals surface area contributed by atoms with Gasteiger partial charge in [-0.05, 0) is 13.5 Å². The summed E-state index contributed by atoms with van der Waals surface area (Å²) >= 11 is 0. The van der Waals surface area contributed by atoms with E-state index < -0.39 is 0 Å². The van der Waals surface area contributed by atoms with E-state index in [4.69, 9.17) is 5.11 Å². The zero-order valence-electron chi connectivity index (χ0n) is 8.36. The molecule has 76 valence electrons. The predicted molar refractivity (Wildman–Crippen MR) is 50.3 cm³/mol. The number of amides is 1. The third-order valence-corrected chi connectivity index (χ3v) is 2.55. The van der Waals surface area contributed by atoms with Crippen LogP contribution >= 0.6 is 0 Å². The Labute approximate surface area is 79.1 Å². The lowest BCUT2D eigenvalue weighted by molar-refractivity contribution is -0.130. The molecule has 1 saturated heterocycles. The number of aliphatic hydroxyl groups is 1. The van der Waals surface area contributed by atoms with E-state index in [0.29, 0.717) is 6.54 Å². The number of nitrogens with zero attached hydrogens (tertiary/aromatic N) is 2. The second kappa shape index (κ2) is 4.58. The maximum absolute atomic E-state index is 11.5. The molecule has 1 N–H and O–H groups in total. The van der Waals surface area contributed by atoms with Gasteiger partial charge in [-0.15, -0.1) is 0 Å². The molecule has 0 radical (unpaired) electrons. The van der Waals surface area contributed by atoms with Crippen molar-refractivity contribution in [1.29, 1.82) is 0 Å². The van der Waals surface area contributed by atoms with Gasteiger partial charge in [0.2, 0.25) is 5.91 Å². The molecule has 0 aromatic rings. The van der Waals surface area contributed by atoms with Crippen LogP contribution in [0.4, 0.5) is 0 Å². The molecule has 13 heavy (non-hydrogen) atoms. The number of likely N-dealkylation sites (N-methyl/N-ethyl adjacent to an activating group) is 1. The third kappa shape index (κ3) is 2.67. The molecule has 1 aliphatic rings. The Morgan fingerprint density at radius 1 is 1.69 bits per heavy atom. The van der Waals surface area contributed by atoms with Crippen LogP contribution in [0.3, 0.4) is 0 Å². The molecule has 0 aromatic heterocycles. The minimum Gasteiger partial charge on any atom is -0.395 e. The summed E-state index contributed by atoms with van der Waals surface area (Å²) in [4.78, 5) is 15.3. The predicted octanol–water partition coefficient (Wildman–Crippen LogP) is -0.611. The molecule has 0 bridgehead atoms. The van der Waals surface area contributed by atoms with Crippen molar-refractivity contribution in [2.24, 2.45) is 5.92 Å². The van der Waals surface area contributed by atoms with Crippen LogP contribution in [-0.2, 0) is 4.79 Å². The molecule has 1 amide bonds.